The summed E-state index contributed by atoms with van der Waals surface area (Å²) in [6.07, 6.45) is 0. The van der Waals surface area contributed by atoms with Gasteiger partial charge >= 0.3 is 0 Å². The van der Waals surface area contributed by atoms with Gasteiger partial charge in [0.15, 0.2) is 6.61 Å². The third-order valence-corrected chi connectivity index (χ3v) is 5.11. The molecule has 1 atom stereocenters. The molecule has 1 N–H and O–H groups in total. The van der Waals surface area contributed by atoms with Gasteiger partial charge in [0.1, 0.15) is 17.3 Å². The molecule has 0 spiro atoms. The topological polar surface area (TPSA) is 54.0 Å². The number of nitrogens with one attached hydrogen (secondary N) is 1. The van der Waals surface area contributed by atoms with Gasteiger partial charge in [0.25, 0.3) is 5.91 Å². The summed E-state index contributed by atoms with van der Waals surface area (Å²) >= 11 is 0. The smallest absolute Gasteiger partial charge is 0.258 e. The zero-order valence-corrected chi connectivity index (χ0v) is 17.2. The van der Waals surface area contributed by atoms with Gasteiger partial charge in [-0.3, -0.25) is 4.79 Å². The summed E-state index contributed by atoms with van der Waals surface area (Å²) in [6, 6.07) is 11.5. The number of amides is 1. The van der Waals surface area contributed by atoms with Crippen LogP contribution in [0.4, 0.5) is 10.1 Å². The first-order chi connectivity index (χ1) is 14.0. The predicted molar refractivity (Wildman–Crippen MR) is 111 cm³/mol. The second-order valence-electron chi connectivity index (χ2n) is 7.25. The number of benzene rings is 2. The van der Waals surface area contributed by atoms with Crippen LogP contribution < -0.4 is 19.7 Å². The highest BCUT2D eigenvalue weighted by Crippen LogP contribution is 2.28. The summed E-state index contributed by atoms with van der Waals surface area (Å²) in [5.41, 5.74) is 1.73. The molecule has 1 unspecified atom stereocenters. The van der Waals surface area contributed by atoms with Gasteiger partial charge in [0.2, 0.25) is 0 Å². The number of ether oxygens (including phenoxy) is 2. The number of rotatable bonds is 7. The van der Waals surface area contributed by atoms with Crippen molar-refractivity contribution < 1.29 is 18.7 Å². The van der Waals surface area contributed by atoms with Crippen molar-refractivity contribution in [3.8, 4) is 11.5 Å². The van der Waals surface area contributed by atoms with Crippen LogP contribution in [0.3, 0.4) is 0 Å². The van der Waals surface area contributed by atoms with Crippen LogP contribution in [0.1, 0.15) is 18.5 Å². The van der Waals surface area contributed by atoms with Crippen molar-refractivity contribution in [1.29, 1.82) is 0 Å². The van der Waals surface area contributed by atoms with Gasteiger partial charge in [0.05, 0.1) is 13.2 Å². The molecule has 2 aromatic rings. The normalized spacial score (nSPS) is 15.7. The molecule has 156 valence electrons. The highest BCUT2D eigenvalue weighted by atomic mass is 19.1. The van der Waals surface area contributed by atoms with Crippen LogP contribution in [0.25, 0.3) is 0 Å². The van der Waals surface area contributed by atoms with E-state index >= 15 is 0 Å². The van der Waals surface area contributed by atoms with Gasteiger partial charge in [-0.1, -0.05) is 0 Å². The highest BCUT2D eigenvalue weighted by Gasteiger charge is 2.21. The summed E-state index contributed by atoms with van der Waals surface area (Å²) < 4.78 is 24.6. The number of anilines is 1. The lowest BCUT2D eigenvalue weighted by molar-refractivity contribution is -0.123. The molecule has 1 heterocycles. The fraction of sp³-hybridized carbons (Fsp3) is 0.409. The van der Waals surface area contributed by atoms with Crippen molar-refractivity contribution in [2.24, 2.45) is 0 Å². The van der Waals surface area contributed by atoms with E-state index in [9.17, 15) is 9.18 Å². The van der Waals surface area contributed by atoms with E-state index in [4.69, 9.17) is 9.47 Å². The quantitative estimate of drug-likeness (QED) is 0.773. The van der Waals surface area contributed by atoms with Crippen molar-refractivity contribution in [1.82, 2.24) is 10.2 Å². The molecule has 2 aromatic carbocycles. The number of carbonyl (C=O) groups is 1. The lowest BCUT2D eigenvalue weighted by atomic mass is 10.0. The molecule has 0 saturated carbocycles. The lowest BCUT2D eigenvalue weighted by Gasteiger charge is -2.36. The minimum absolute atomic E-state index is 0.115. The number of hydrogen-bond donors (Lipinski definition) is 1. The van der Waals surface area contributed by atoms with E-state index in [0.717, 1.165) is 43.2 Å². The second kappa shape index (κ2) is 9.60. The van der Waals surface area contributed by atoms with Gasteiger partial charge in [0, 0.05) is 37.4 Å². The minimum atomic E-state index is -0.340. The van der Waals surface area contributed by atoms with Crippen LogP contribution >= 0.6 is 0 Å². The van der Waals surface area contributed by atoms with Crippen LogP contribution in [0.2, 0.25) is 0 Å². The first-order valence-corrected chi connectivity index (χ1v) is 9.75. The van der Waals surface area contributed by atoms with E-state index in [1.807, 2.05) is 6.92 Å². The number of likely N-dealkylation sites (N-methyl/N-ethyl adjacent to an activating group) is 1. The standard InChI is InChI=1S/C22H28FN3O3/c1-16(24-22(27)15-29-19-7-5-18(28-3)6-8-19)20-14-17(23)4-9-21(20)26-12-10-25(2)11-13-26/h4-9,14,16H,10-13,15H2,1-3H3,(H,24,27). The Morgan fingerprint density at radius 2 is 1.76 bits per heavy atom. The van der Waals surface area contributed by atoms with Gasteiger partial charge in [-0.25, -0.2) is 4.39 Å². The number of halogens is 1. The molecule has 1 aliphatic heterocycles. The fourth-order valence-electron chi connectivity index (χ4n) is 3.39. The Labute approximate surface area is 171 Å². The van der Waals surface area contributed by atoms with Gasteiger partial charge in [-0.15, -0.1) is 0 Å². The molecule has 6 nitrogen and oxygen atoms in total. The minimum Gasteiger partial charge on any atom is -0.497 e. The molecule has 3 rings (SSSR count). The summed E-state index contributed by atoms with van der Waals surface area (Å²) in [5, 5.41) is 2.91. The van der Waals surface area contributed by atoms with E-state index < -0.39 is 0 Å². The van der Waals surface area contributed by atoms with E-state index in [-0.39, 0.29) is 24.4 Å². The van der Waals surface area contributed by atoms with Crippen molar-refractivity contribution in [3.63, 3.8) is 0 Å². The number of piperazine rings is 1. The Hall–Kier alpha value is -2.80. The van der Waals surface area contributed by atoms with Crippen LogP contribution in [-0.4, -0.2) is 57.8 Å². The first-order valence-electron chi connectivity index (χ1n) is 9.75. The average Bonchev–Trinajstić information content (AvgIpc) is 2.73. The fourth-order valence-corrected chi connectivity index (χ4v) is 3.39. The van der Waals surface area contributed by atoms with E-state index in [0.29, 0.717) is 5.75 Å². The van der Waals surface area contributed by atoms with Gasteiger partial charge in [-0.05, 0) is 56.4 Å². The largest absolute Gasteiger partial charge is 0.497 e. The van der Waals surface area contributed by atoms with E-state index in [2.05, 4.69) is 22.2 Å². The number of hydrogen-bond acceptors (Lipinski definition) is 5. The van der Waals surface area contributed by atoms with Crippen molar-refractivity contribution in [2.45, 2.75) is 13.0 Å². The maximum Gasteiger partial charge on any atom is 0.258 e. The molecule has 7 heteroatoms. The number of nitrogens with zero attached hydrogens (tertiary/aromatic N) is 2. The van der Waals surface area contributed by atoms with E-state index in [1.54, 1.807) is 37.4 Å². The molecular formula is C22H28FN3O3. The zero-order chi connectivity index (χ0) is 20.8. The maximum absolute atomic E-state index is 13.9. The van der Waals surface area contributed by atoms with E-state index in [1.165, 1.54) is 12.1 Å². The molecule has 1 aliphatic rings. The molecular weight excluding hydrogens is 373 g/mol. The summed E-state index contributed by atoms with van der Waals surface area (Å²) in [6.45, 7) is 5.39. The molecule has 0 bridgehead atoms. The van der Waals surface area contributed by atoms with Crippen LogP contribution in [0, 0.1) is 5.82 Å². The molecule has 0 radical (unpaired) electrons. The third kappa shape index (κ3) is 5.60. The second-order valence-corrected chi connectivity index (χ2v) is 7.25. The van der Waals surface area contributed by atoms with Gasteiger partial charge < -0.3 is 24.6 Å². The van der Waals surface area contributed by atoms with Gasteiger partial charge in [-0.2, -0.15) is 0 Å². The Morgan fingerprint density at radius 1 is 1.10 bits per heavy atom. The molecule has 0 aliphatic carbocycles. The Bertz CT molecular complexity index is 821. The zero-order valence-electron chi connectivity index (χ0n) is 17.2. The first kappa shape index (κ1) is 20.9. The summed E-state index contributed by atoms with van der Waals surface area (Å²) in [4.78, 5) is 16.9. The lowest BCUT2D eigenvalue weighted by Crippen LogP contribution is -2.45. The van der Waals surface area contributed by atoms with Crippen molar-refractivity contribution in [3.05, 3.63) is 53.8 Å². The van der Waals surface area contributed by atoms with Crippen LogP contribution in [0.15, 0.2) is 42.5 Å². The Balaban J connectivity index is 1.62. The van der Waals surface area contributed by atoms with Crippen molar-refractivity contribution in [2.75, 3.05) is 51.8 Å². The SMILES string of the molecule is COc1ccc(OCC(=O)NC(C)c2cc(F)ccc2N2CCN(C)CC2)cc1. The molecule has 1 amide bonds. The molecule has 29 heavy (non-hydrogen) atoms. The molecule has 1 fully saturated rings. The van der Waals surface area contributed by atoms with Crippen LogP contribution in [-0.2, 0) is 4.79 Å². The Morgan fingerprint density at radius 3 is 2.41 bits per heavy atom. The number of methoxy groups -OCH3 is 1. The number of carbonyl (C=O) groups excluding carboxylic acids is 1. The maximum atomic E-state index is 13.9. The molecule has 0 aromatic heterocycles. The van der Waals surface area contributed by atoms with Crippen molar-refractivity contribution >= 4 is 11.6 Å². The average molecular weight is 401 g/mol. The summed E-state index contributed by atoms with van der Waals surface area (Å²) in [5.74, 6) is 0.728. The molecule has 1 saturated heterocycles. The monoisotopic (exact) mass is 401 g/mol. The highest BCUT2D eigenvalue weighted by molar-refractivity contribution is 5.78. The predicted octanol–water partition coefficient (Wildman–Crippen LogP) is 2.84. The third-order valence-electron chi connectivity index (χ3n) is 5.11. The summed E-state index contributed by atoms with van der Waals surface area (Å²) in [7, 11) is 3.68. The van der Waals surface area contributed by atoms with Crippen LogP contribution in [0.5, 0.6) is 11.5 Å². The Kier molecular flexibility index (Phi) is 6.93.